The van der Waals surface area contributed by atoms with Crippen LogP contribution in [0.25, 0.3) is 0 Å². The molecule has 5 rings (SSSR count). The van der Waals surface area contributed by atoms with Gasteiger partial charge in [0.05, 0.1) is 6.20 Å². The van der Waals surface area contributed by atoms with Crippen LogP contribution in [0.2, 0.25) is 0 Å². The van der Waals surface area contributed by atoms with Crippen molar-refractivity contribution in [3.8, 4) is 0 Å². The van der Waals surface area contributed by atoms with Crippen molar-refractivity contribution >= 4 is 5.91 Å². The van der Waals surface area contributed by atoms with Crippen molar-refractivity contribution in [1.82, 2.24) is 20.0 Å². The minimum absolute atomic E-state index is 0.139. The predicted octanol–water partition coefficient (Wildman–Crippen LogP) is 3.03. The van der Waals surface area contributed by atoms with Crippen LogP contribution in [-0.4, -0.2) is 52.1 Å². The number of likely N-dealkylation sites (tertiary alicyclic amines) is 2. The maximum atomic E-state index is 13.1. The molecule has 0 bridgehead atoms. The van der Waals surface area contributed by atoms with Gasteiger partial charge in [0.1, 0.15) is 0 Å². The van der Waals surface area contributed by atoms with Crippen LogP contribution < -0.4 is 0 Å². The van der Waals surface area contributed by atoms with E-state index in [1.165, 1.54) is 36.3 Å². The highest BCUT2D eigenvalue weighted by Gasteiger charge is 2.42. The summed E-state index contributed by atoms with van der Waals surface area (Å²) in [6, 6.07) is 10.8. The summed E-state index contributed by atoms with van der Waals surface area (Å²) in [4.78, 5) is 17.8. The van der Waals surface area contributed by atoms with Crippen molar-refractivity contribution in [2.75, 3.05) is 26.2 Å². The Morgan fingerprint density at radius 2 is 1.93 bits per heavy atom. The number of aromatic nitrogens is 2. The quantitative estimate of drug-likeness (QED) is 0.893. The number of carbonyl (C=O) groups excluding carboxylic acids is 1. The third-order valence-corrected chi connectivity index (χ3v) is 7.27. The molecule has 0 saturated carbocycles. The van der Waals surface area contributed by atoms with Crippen molar-refractivity contribution in [3.63, 3.8) is 0 Å². The molecule has 1 aromatic heterocycles. The number of amides is 1. The number of hydrogen-bond donors (Lipinski definition) is 1. The van der Waals surface area contributed by atoms with E-state index in [1.807, 2.05) is 6.20 Å². The number of piperidine rings is 1. The van der Waals surface area contributed by atoms with Crippen LogP contribution in [0.5, 0.6) is 0 Å². The van der Waals surface area contributed by atoms with Crippen LogP contribution >= 0.6 is 0 Å². The van der Waals surface area contributed by atoms with Gasteiger partial charge >= 0.3 is 0 Å². The van der Waals surface area contributed by atoms with Crippen LogP contribution in [0.15, 0.2) is 36.5 Å². The summed E-state index contributed by atoms with van der Waals surface area (Å²) >= 11 is 0. The predicted molar refractivity (Wildman–Crippen MR) is 109 cm³/mol. The van der Waals surface area contributed by atoms with Gasteiger partial charge in [-0.25, -0.2) is 0 Å². The van der Waals surface area contributed by atoms with E-state index in [0.717, 1.165) is 51.7 Å². The molecule has 148 valence electrons. The minimum atomic E-state index is 0.139. The molecule has 3 aliphatic rings. The molecule has 1 atom stereocenters. The van der Waals surface area contributed by atoms with Crippen LogP contribution in [0.3, 0.4) is 0 Å². The van der Waals surface area contributed by atoms with Crippen LogP contribution in [0, 0.1) is 11.3 Å². The SMILES string of the molecule is O=C(C1CCc2cn[nH]c2C1)N1CCC2(CCN(Cc3ccccc3)C2)CC1. The summed E-state index contributed by atoms with van der Waals surface area (Å²) in [5.74, 6) is 0.509. The van der Waals surface area contributed by atoms with E-state index in [1.54, 1.807) is 0 Å². The third kappa shape index (κ3) is 3.48. The Labute approximate surface area is 167 Å². The van der Waals surface area contributed by atoms with E-state index < -0.39 is 0 Å². The maximum absolute atomic E-state index is 13.1. The van der Waals surface area contributed by atoms with Gasteiger partial charge in [-0.05, 0) is 55.2 Å². The first-order valence-electron chi connectivity index (χ1n) is 10.8. The largest absolute Gasteiger partial charge is 0.342 e. The van der Waals surface area contributed by atoms with Crippen molar-refractivity contribution in [2.45, 2.75) is 45.1 Å². The van der Waals surface area contributed by atoms with Crippen molar-refractivity contribution in [2.24, 2.45) is 11.3 Å². The molecule has 0 radical (unpaired) electrons. The Kier molecular flexibility index (Phi) is 4.71. The zero-order chi connectivity index (χ0) is 19.0. The standard InChI is InChI=1S/C23H30N4O/c28-22(19-6-7-20-15-24-25-21(20)14-19)27-12-9-23(10-13-27)8-11-26(17-23)16-18-4-2-1-3-5-18/h1-5,15,19H,6-14,16-17H2,(H,24,25). The average molecular weight is 379 g/mol. The van der Waals surface area contributed by atoms with Crippen LogP contribution in [0.4, 0.5) is 0 Å². The van der Waals surface area contributed by atoms with Gasteiger partial charge in [0, 0.05) is 44.2 Å². The lowest BCUT2D eigenvalue weighted by atomic mass is 9.77. The first-order chi connectivity index (χ1) is 13.7. The molecule has 2 aromatic rings. The molecule has 1 aromatic carbocycles. The van der Waals surface area contributed by atoms with Gasteiger partial charge in [-0.15, -0.1) is 0 Å². The number of fused-ring (bicyclic) bond motifs is 1. The van der Waals surface area contributed by atoms with E-state index in [9.17, 15) is 4.79 Å². The molecule has 28 heavy (non-hydrogen) atoms. The number of nitrogens with one attached hydrogen (secondary N) is 1. The summed E-state index contributed by atoms with van der Waals surface area (Å²) < 4.78 is 0. The highest BCUT2D eigenvalue weighted by Crippen LogP contribution is 2.41. The van der Waals surface area contributed by atoms with Gasteiger partial charge in [-0.3, -0.25) is 14.8 Å². The second kappa shape index (κ2) is 7.36. The Hall–Kier alpha value is -2.14. The third-order valence-electron chi connectivity index (χ3n) is 7.27. The number of benzene rings is 1. The Bertz CT molecular complexity index is 822. The van der Waals surface area contributed by atoms with E-state index >= 15 is 0 Å². The number of aryl methyl sites for hydroxylation is 1. The molecule has 1 unspecified atom stereocenters. The normalized spacial score (nSPS) is 24.4. The highest BCUT2D eigenvalue weighted by molar-refractivity contribution is 5.79. The van der Waals surface area contributed by atoms with Gasteiger partial charge in [0.15, 0.2) is 0 Å². The molecule has 2 fully saturated rings. The number of hydrogen-bond acceptors (Lipinski definition) is 3. The number of nitrogens with zero attached hydrogens (tertiary/aromatic N) is 3. The zero-order valence-corrected chi connectivity index (χ0v) is 16.6. The lowest BCUT2D eigenvalue weighted by Gasteiger charge is -2.41. The van der Waals surface area contributed by atoms with Gasteiger partial charge < -0.3 is 4.90 Å². The van der Waals surface area contributed by atoms with E-state index in [4.69, 9.17) is 0 Å². The molecule has 5 nitrogen and oxygen atoms in total. The lowest BCUT2D eigenvalue weighted by molar-refractivity contribution is -0.138. The van der Waals surface area contributed by atoms with Gasteiger partial charge in [-0.2, -0.15) is 5.10 Å². The Morgan fingerprint density at radius 1 is 1.14 bits per heavy atom. The summed E-state index contributed by atoms with van der Waals surface area (Å²) in [7, 11) is 0. The fraction of sp³-hybridized carbons (Fsp3) is 0.565. The molecule has 1 amide bonds. The Balaban J connectivity index is 1.15. The van der Waals surface area contributed by atoms with Crippen molar-refractivity contribution in [1.29, 1.82) is 0 Å². The molecule has 5 heteroatoms. The molecule has 2 saturated heterocycles. The Morgan fingerprint density at radius 3 is 2.75 bits per heavy atom. The number of H-pyrrole nitrogens is 1. The first kappa shape index (κ1) is 17.9. The summed E-state index contributed by atoms with van der Waals surface area (Å²) in [5.41, 5.74) is 4.30. The molecule has 1 N–H and O–H groups in total. The van der Waals surface area contributed by atoms with Crippen molar-refractivity contribution < 1.29 is 4.79 Å². The second-order valence-electron chi connectivity index (χ2n) is 9.09. The minimum Gasteiger partial charge on any atom is -0.342 e. The fourth-order valence-electron chi connectivity index (χ4n) is 5.49. The second-order valence-corrected chi connectivity index (χ2v) is 9.09. The molecule has 3 heterocycles. The summed E-state index contributed by atoms with van der Waals surface area (Å²) in [6.45, 7) is 5.30. The summed E-state index contributed by atoms with van der Waals surface area (Å²) in [6.07, 6.45) is 8.30. The van der Waals surface area contributed by atoms with Gasteiger partial charge in [0.25, 0.3) is 0 Å². The van der Waals surface area contributed by atoms with Crippen LogP contribution in [-0.2, 0) is 24.2 Å². The molecule has 1 spiro atoms. The maximum Gasteiger partial charge on any atom is 0.226 e. The number of rotatable bonds is 3. The monoisotopic (exact) mass is 378 g/mol. The molecule has 1 aliphatic carbocycles. The van der Waals surface area contributed by atoms with Gasteiger partial charge in [-0.1, -0.05) is 30.3 Å². The fourth-order valence-corrected chi connectivity index (χ4v) is 5.49. The number of carbonyl (C=O) groups is 1. The summed E-state index contributed by atoms with van der Waals surface area (Å²) in [5, 5.41) is 7.22. The number of aromatic amines is 1. The van der Waals surface area contributed by atoms with E-state index in [0.29, 0.717) is 11.3 Å². The molecular weight excluding hydrogens is 348 g/mol. The first-order valence-corrected chi connectivity index (χ1v) is 10.8. The lowest BCUT2D eigenvalue weighted by Crippen LogP contribution is -2.47. The van der Waals surface area contributed by atoms with E-state index in [2.05, 4.69) is 50.3 Å². The van der Waals surface area contributed by atoms with Crippen molar-refractivity contribution in [3.05, 3.63) is 53.3 Å². The molecule has 2 aliphatic heterocycles. The van der Waals surface area contributed by atoms with Crippen LogP contribution in [0.1, 0.15) is 42.5 Å². The average Bonchev–Trinajstić information content (AvgIpc) is 3.35. The zero-order valence-electron chi connectivity index (χ0n) is 16.6. The molecular formula is C23H30N4O. The topological polar surface area (TPSA) is 52.2 Å². The van der Waals surface area contributed by atoms with E-state index in [-0.39, 0.29) is 5.92 Å². The van der Waals surface area contributed by atoms with Gasteiger partial charge in [0.2, 0.25) is 5.91 Å². The highest BCUT2D eigenvalue weighted by atomic mass is 16.2. The smallest absolute Gasteiger partial charge is 0.226 e.